The highest BCUT2D eigenvalue weighted by Crippen LogP contribution is 2.22. The van der Waals surface area contributed by atoms with Gasteiger partial charge in [-0.3, -0.25) is 4.79 Å². The Kier molecular flexibility index (Phi) is 4.02. The van der Waals surface area contributed by atoms with E-state index in [1.807, 2.05) is 19.1 Å². The van der Waals surface area contributed by atoms with E-state index < -0.39 is 0 Å². The zero-order chi connectivity index (χ0) is 12.3. The number of carbonyl (C=O) groups is 1. The van der Waals surface area contributed by atoms with Gasteiger partial charge in [0.05, 0.1) is 10.6 Å². The van der Waals surface area contributed by atoms with Gasteiger partial charge in [-0.15, -0.1) is 23.1 Å². The average Bonchev–Trinajstić information content (AvgIpc) is 2.75. The fourth-order valence-corrected chi connectivity index (χ4v) is 3.12. The lowest BCUT2D eigenvalue weighted by atomic mass is 10.2. The molecule has 88 valence electrons. The summed E-state index contributed by atoms with van der Waals surface area (Å²) >= 11 is 3.17. The molecule has 2 rings (SSSR count). The van der Waals surface area contributed by atoms with Crippen molar-refractivity contribution in [3.63, 3.8) is 0 Å². The second-order valence-corrected chi connectivity index (χ2v) is 6.27. The molecule has 0 aliphatic heterocycles. The number of carbonyl (C=O) groups excluding carboxylic acids is 1. The minimum Gasteiger partial charge on any atom is -0.292 e. The van der Waals surface area contributed by atoms with Crippen molar-refractivity contribution in [1.29, 1.82) is 0 Å². The van der Waals surface area contributed by atoms with E-state index in [1.165, 1.54) is 10.4 Å². The molecule has 0 unspecified atom stereocenters. The number of benzene rings is 1. The predicted molar refractivity (Wildman–Crippen MR) is 75.3 cm³/mol. The van der Waals surface area contributed by atoms with Gasteiger partial charge in [0.2, 0.25) is 0 Å². The van der Waals surface area contributed by atoms with Crippen LogP contribution in [-0.4, -0.2) is 11.5 Å². The fourth-order valence-electron chi connectivity index (χ4n) is 1.44. The Labute approximate surface area is 110 Å². The molecule has 1 heterocycles. The van der Waals surface area contributed by atoms with Gasteiger partial charge in [-0.1, -0.05) is 17.7 Å². The normalized spacial score (nSPS) is 10.5. The van der Waals surface area contributed by atoms with Crippen molar-refractivity contribution >= 4 is 28.9 Å². The van der Waals surface area contributed by atoms with Gasteiger partial charge in [-0.05, 0) is 38.1 Å². The van der Waals surface area contributed by atoms with E-state index in [0.29, 0.717) is 5.75 Å². The third-order valence-corrected chi connectivity index (χ3v) is 4.46. The molecule has 0 aliphatic carbocycles. The lowest BCUT2D eigenvalue weighted by molar-refractivity contribution is 0.102. The van der Waals surface area contributed by atoms with Crippen molar-refractivity contribution in [3.8, 4) is 0 Å². The number of thioether (sulfide) groups is 1. The fraction of sp³-hybridized carbons (Fsp3) is 0.214. The van der Waals surface area contributed by atoms with Gasteiger partial charge in [0.15, 0.2) is 5.78 Å². The number of rotatable bonds is 4. The molecule has 0 amide bonds. The first kappa shape index (κ1) is 12.4. The average molecular weight is 262 g/mol. The Morgan fingerprint density at radius 1 is 1.12 bits per heavy atom. The second-order valence-electron chi connectivity index (χ2n) is 3.94. The van der Waals surface area contributed by atoms with Crippen LogP contribution in [0.3, 0.4) is 0 Å². The maximum atomic E-state index is 11.9. The standard InChI is InChI=1S/C14H14OS2/c1-10-3-6-12(7-4-10)16-9-13(15)14-8-5-11(2)17-14/h3-8H,9H2,1-2H3. The summed E-state index contributed by atoms with van der Waals surface area (Å²) in [6.45, 7) is 4.09. The van der Waals surface area contributed by atoms with Gasteiger partial charge < -0.3 is 0 Å². The minimum absolute atomic E-state index is 0.216. The molecule has 0 saturated carbocycles. The SMILES string of the molecule is Cc1ccc(SCC(=O)c2ccc(C)s2)cc1. The van der Waals surface area contributed by atoms with Crippen molar-refractivity contribution < 1.29 is 4.79 Å². The summed E-state index contributed by atoms with van der Waals surface area (Å²) in [6.07, 6.45) is 0. The Balaban J connectivity index is 1.94. The summed E-state index contributed by atoms with van der Waals surface area (Å²) in [6, 6.07) is 12.2. The van der Waals surface area contributed by atoms with Gasteiger partial charge >= 0.3 is 0 Å². The molecule has 17 heavy (non-hydrogen) atoms. The molecule has 0 spiro atoms. The highest BCUT2D eigenvalue weighted by Gasteiger charge is 2.08. The van der Waals surface area contributed by atoms with Crippen LogP contribution in [0.4, 0.5) is 0 Å². The topological polar surface area (TPSA) is 17.1 Å². The molecule has 0 bridgehead atoms. The van der Waals surface area contributed by atoms with Crippen LogP contribution in [0.5, 0.6) is 0 Å². The Hall–Kier alpha value is -1.06. The molecule has 0 aliphatic rings. The van der Waals surface area contributed by atoms with Crippen LogP contribution in [0.2, 0.25) is 0 Å². The molecule has 0 radical (unpaired) electrons. The predicted octanol–water partition coefficient (Wildman–Crippen LogP) is 4.34. The number of thiophene rings is 1. The summed E-state index contributed by atoms with van der Waals surface area (Å²) in [5, 5.41) is 0. The van der Waals surface area contributed by atoms with Gasteiger partial charge in [-0.2, -0.15) is 0 Å². The lowest BCUT2D eigenvalue weighted by Gasteiger charge is -2.00. The van der Waals surface area contributed by atoms with E-state index in [0.717, 1.165) is 9.77 Å². The number of Topliss-reactive ketones (excluding diaryl/α,β-unsaturated/α-hetero) is 1. The number of hydrogen-bond acceptors (Lipinski definition) is 3. The quantitative estimate of drug-likeness (QED) is 0.602. The van der Waals surface area contributed by atoms with Gasteiger partial charge in [-0.25, -0.2) is 0 Å². The van der Waals surface area contributed by atoms with Gasteiger partial charge in [0.1, 0.15) is 0 Å². The van der Waals surface area contributed by atoms with Crippen LogP contribution < -0.4 is 0 Å². The molecule has 1 aromatic heterocycles. The first-order chi connectivity index (χ1) is 8.15. The van der Waals surface area contributed by atoms with Crippen LogP contribution in [0.1, 0.15) is 20.1 Å². The molecule has 0 saturated heterocycles. The highest BCUT2D eigenvalue weighted by atomic mass is 32.2. The summed E-state index contributed by atoms with van der Waals surface area (Å²) in [5.74, 6) is 0.733. The zero-order valence-electron chi connectivity index (χ0n) is 9.90. The third-order valence-electron chi connectivity index (χ3n) is 2.41. The second kappa shape index (κ2) is 5.52. The molecule has 3 heteroatoms. The van der Waals surface area contributed by atoms with Gasteiger partial charge in [0, 0.05) is 9.77 Å². The number of ketones is 1. The number of hydrogen-bond donors (Lipinski definition) is 0. The Morgan fingerprint density at radius 2 is 1.82 bits per heavy atom. The van der Waals surface area contributed by atoms with E-state index in [4.69, 9.17) is 0 Å². The third kappa shape index (κ3) is 3.45. The van der Waals surface area contributed by atoms with Gasteiger partial charge in [0.25, 0.3) is 0 Å². The van der Waals surface area contributed by atoms with E-state index in [9.17, 15) is 4.79 Å². The van der Waals surface area contributed by atoms with Crippen molar-refractivity contribution in [3.05, 3.63) is 51.7 Å². The Morgan fingerprint density at radius 3 is 2.41 bits per heavy atom. The van der Waals surface area contributed by atoms with Crippen LogP contribution in [0.15, 0.2) is 41.3 Å². The smallest absolute Gasteiger partial charge is 0.182 e. The summed E-state index contributed by atoms with van der Waals surface area (Å²) in [5.41, 5.74) is 1.24. The van der Waals surface area contributed by atoms with Crippen molar-refractivity contribution in [1.82, 2.24) is 0 Å². The zero-order valence-corrected chi connectivity index (χ0v) is 11.5. The molecule has 1 nitrogen and oxygen atoms in total. The van der Waals surface area contributed by atoms with E-state index >= 15 is 0 Å². The largest absolute Gasteiger partial charge is 0.292 e. The van der Waals surface area contributed by atoms with E-state index in [1.54, 1.807) is 23.1 Å². The first-order valence-electron chi connectivity index (χ1n) is 5.44. The molecule has 1 aromatic carbocycles. The molecular weight excluding hydrogens is 248 g/mol. The highest BCUT2D eigenvalue weighted by molar-refractivity contribution is 8.00. The Bertz CT molecular complexity index is 511. The minimum atomic E-state index is 0.216. The van der Waals surface area contributed by atoms with Crippen molar-refractivity contribution in [2.75, 3.05) is 5.75 Å². The van der Waals surface area contributed by atoms with Crippen LogP contribution in [0.25, 0.3) is 0 Å². The van der Waals surface area contributed by atoms with Crippen molar-refractivity contribution in [2.45, 2.75) is 18.7 Å². The van der Waals surface area contributed by atoms with Crippen molar-refractivity contribution in [2.24, 2.45) is 0 Å². The van der Waals surface area contributed by atoms with Crippen LogP contribution in [-0.2, 0) is 0 Å². The van der Waals surface area contributed by atoms with E-state index in [2.05, 4.69) is 31.2 Å². The molecule has 0 N–H and O–H groups in total. The maximum Gasteiger partial charge on any atom is 0.182 e. The lowest BCUT2D eigenvalue weighted by Crippen LogP contribution is -1.98. The number of aryl methyl sites for hydroxylation is 2. The van der Waals surface area contributed by atoms with Crippen LogP contribution in [0, 0.1) is 13.8 Å². The summed E-state index contributed by atoms with van der Waals surface area (Å²) in [7, 11) is 0. The molecule has 0 fully saturated rings. The molecule has 2 aromatic rings. The first-order valence-corrected chi connectivity index (χ1v) is 7.24. The molecule has 0 atom stereocenters. The maximum absolute atomic E-state index is 11.9. The van der Waals surface area contributed by atoms with Crippen LogP contribution >= 0.6 is 23.1 Å². The molecular formula is C14H14OS2. The monoisotopic (exact) mass is 262 g/mol. The van der Waals surface area contributed by atoms with E-state index in [-0.39, 0.29) is 5.78 Å². The summed E-state index contributed by atoms with van der Waals surface area (Å²) in [4.78, 5) is 15.1. The summed E-state index contributed by atoms with van der Waals surface area (Å²) < 4.78 is 0.